The molecule has 1 radical (unpaired) electrons. The van der Waals surface area contributed by atoms with E-state index in [2.05, 4.69) is 23.3 Å². The molecule has 0 rings (SSSR count). The van der Waals surface area contributed by atoms with E-state index in [-0.39, 0.29) is 5.75 Å². The fourth-order valence-corrected chi connectivity index (χ4v) is 1.38. The molecule has 3 atom stereocenters. The lowest BCUT2D eigenvalue weighted by molar-refractivity contribution is -0.133. The van der Waals surface area contributed by atoms with Gasteiger partial charge in [0.25, 0.3) is 0 Å². The SMILES string of the molecule is O=[C]C(CO)NC(=O)C(CO)NC(=O)C(CO)NC(=O)CS. The molecule has 0 aliphatic carbocycles. The molecular weight excluding hydrogens is 318 g/mol. The molecule has 0 bridgehead atoms. The van der Waals surface area contributed by atoms with Crippen molar-refractivity contribution in [3.05, 3.63) is 0 Å². The van der Waals surface area contributed by atoms with Gasteiger partial charge in [-0.25, -0.2) is 0 Å². The zero-order valence-electron chi connectivity index (χ0n) is 11.5. The first-order chi connectivity index (χ1) is 10.4. The van der Waals surface area contributed by atoms with Crippen molar-refractivity contribution in [1.29, 1.82) is 0 Å². The topological polar surface area (TPSA) is 165 Å². The predicted octanol–water partition coefficient (Wildman–Crippen LogP) is -4.54. The molecule has 0 aliphatic rings. The molecule has 125 valence electrons. The average molecular weight is 336 g/mol. The van der Waals surface area contributed by atoms with Crippen molar-refractivity contribution in [1.82, 2.24) is 16.0 Å². The molecule has 0 aliphatic heterocycles. The highest BCUT2D eigenvalue weighted by molar-refractivity contribution is 7.81. The van der Waals surface area contributed by atoms with Crippen LogP contribution in [0.2, 0.25) is 0 Å². The molecule has 3 unspecified atom stereocenters. The van der Waals surface area contributed by atoms with E-state index in [4.69, 9.17) is 15.3 Å². The van der Waals surface area contributed by atoms with Crippen LogP contribution in [0.5, 0.6) is 0 Å². The summed E-state index contributed by atoms with van der Waals surface area (Å²) in [5.74, 6) is -2.67. The van der Waals surface area contributed by atoms with Gasteiger partial charge in [-0.05, 0) is 0 Å². The fourth-order valence-electron chi connectivity index (χ4n) is 1.29. The van der Waals surface area contributed by atoms with E-state index in [1.165, 1.54) is 6.29 Å². The third kappa shape index (κ3) is 6.85. The molecular formula is C11H18N3O7S. The Bertz CT molecular complexity index is 407. The number of aliphatic hydroxyl groups excluding tert-OH is 3. The smallest absolute Gasteiger partial charge is 0.245 e. The minimum absolute atomic E-state index is 0.207. The second kappa shape index (κ2) is 11.0. The van der Waals surface area contributed by atoms with Crippen molar-refractivity contribution in [3.63, 3.8) is 0 Å². The van der Waals surface area contributed by atoms with Crippen LogP contribution in [-0.2, 0) is 19.2 Å². The predicted molar refractivity (Wildman–Crippen MR) is 76.6 cm³/mol. The lowest BCUT2D eigenvalue weighted by atomic mass is 10.2. The summed E-state index contributed by atoms with van der Waals surface area (Å²) < 4.78 is 0. The molecule has 6 N–H and O–H groups in total. The van der Waals surface area contributed by atoms with Crippen LogP contribution in [0, 0.1) is 0 Å². The summed E-state index contributed by atoms with van der Waals surface area (Å²) in [6, 6.07) is -4.05. The molecule has 0 heterocycles. The number of aliphatic hydroxyl groups is 3. The number of hydrogen-bond donors (Lipinski definition) is 7. The van der Waals surface area contributed by atoms with Gasteiger partial charge in [-0.15, -0.1) is 0 Å². The summed E-state index contributed by atoms with van der Waals surface area (Å²) >= 11 is 3.69. The molecule has 3 amide bonds. The normalized spacial score (nSPS) is 14.4. The number of rotatable bonds is 10. The third-order valence-corrected chi connectivity index (χ3v) is 2.72. The summed E-state index contributed by atoms with van der Waals surface area (Å²) in [6.45, 7) is -2.22. The Morgan fingerprint density at radius 2 is 1.41 bits per heavy atom. The van der Waals surface area contributed by atoms with E-state index in [1.807, 2.05) is 5.32 Å². The Labute approximate surface area is 131 Å². The van der Waals surface area contributed by atoms with Crippen molar-refractivity contribution >= 4 is 36.6 Å². The lowest BCUT2D eigenvalue weighted by Crippen LogP contribution is -2.57. The number of nitrogens with one attached hydrogen (secondary N) is 3. The van der Waals surface area contributed by atoms with Crippen molar-refractivity contribution in [2.24, 2.45) is 0 Å². The van der Waals surface area contributed by atoms with Crippen LogP contribution in [0.25, 0.3) is 0 Å². The Morgan fingerprint density at radius 3 is 1.82 bits per heavy atom. The van der Waals surface area contributed by atoms with Crippen LogP contribution in [0.15, 0.2) is 0 Å². The summed E-state index contributed by atoms with van der Waals surface area (Å²) in [4.78, 5) is 45.0. The Morgan fingerprint density at radius 1 is 0.909 bits per heavy atom. The number of hydrogen-bond acceptors (Lipinski definition) is 8. The standard InChI is InChI=1S/C11H18N3O7S/c15-1-6(2-16)12-10(20)8(4-18)14-11(21)7(3-17)13-9(19)5-22/h6-8,15,17-18,22H,1,3-5H2,(H,12,20)(H,13,19)(H,14,21). The first-order valence-electron chi connectivity index (χ1n) is 6.14. The summed E-state index contributed by atoms with van der Waals surface area (Å²) in [6.07, 6.45) is 1.35. The largest absolute Gasteiger partial charge is 0.394 e. The first kappa shape index (κ1) is 20.3. The van der Waals surface area contributed by atoms with E-state index in [0.717, 1.165) is 0 Å². The Hall–Kier alpha value is -1.69. The molecule has 11 heteroatoms. The van der Waals surface area contributed by atoms with Crippen molar-refractivity contribution in [3.8, 4) is 0 Å². The Kier molecular flexibility index (Phi) is 10.1. The van der Waals surface area contributed by atoms with Gasteiger partial charge in [0.05, 0.1) is 25.6 Å². The average Bonchev–Trinajstić information content (AvgIpc) is 2.54. The summed E-state index contributed by atoms with van der Waals surface area (Å²) in [7, 11) is 0. The molecule has 10 nitrogen and oxygen atoms in total. The van der Waals surface area contributed by atoms with Gasteiger partial charge in [0, 0.05) is 0 Å². The van der Waals surface area contributed by atoms with Crippen LogP contribution in [0.4, 0.5) is 0 Å². The molecule has 0 aromatic heterocycles. The second-order valence-corrected chi connectivity index (χ2v) is 4.38. The quantitative estimate of drug-likeness (QED) is 0.197. The number of carbonyl (C=O) groups excluding carboxylic acids is 4. The molecule has 0 saturated heterocycles. The fraction of sp³-hybridized carbons (Fsp3) is 0.636. The van der Waals surface area contributed by atoms with Crippen LogP contribution < -0.4 is 16.0 Å². The van der Waals surface area contributed by atoms with Crippen molar-refractivity contribution < 1.29 is 34.5 Å². The maximum atomic E-state index is 11.8. The monoisotopic (exact) mass is 336 g/mol. The maximum absolute atomic E-state index is 11.8. The second-order valence-electron chi connectivity index (χ2n) is 4.07. The van der Waals surface area contributed by atoms with Crippen LogP contribution in [0.1, 0.15) is 0 Å². The molecule has 0 aromatic carbocycles. The minimum atomic E-state index is -1.43. The van der Waals surface area contributed by atoms with Crippen molar-refractivity contribution in [2.45, 2.75) is 18.1 Å². The van der Waals surface area contributed by atoms with Gasteiger partial charge < -0.3 is 31.3 Å². The highest BCUT2D eigenvalue weighted by atomic mass is 32.1. The van der Waals surface area contributed by atoms with Gasteiger partial charge in [-0.1, -0.05) is 0 Å². The number of carbonyl (C=O) groups is 3. The van der Waals surface area contributed by atoms with Gasteiger partial charge in [0.15, 0.2) is 0 Å². The van der Waals surface area contributed by atoms with E-state index in [1.54, 1.807) is 0 Å². The highest BCUT2D eigenvalue weighted by Crippen LogP contribution is 1.91. The zero-order chi connectivity index (χ0) is 17.1. The highest BCUT2D eigenvalue weighted by Gasteiger charge is 2.26. The van der Waals surface area contributed by atoms with E-state index >= 15 is 0 Å². The first-order valence-corrected chi connectivity index (χ1v) is 6.77. The molecule has 0 aromatic rings. The van der Waals surface area contributed by atoms with E-state index in [9.17, 15) is 19.2 Å². The van der Waals surface area contributed by atoms with Crippen LogP contribution in [0.3, 0.4) is 0 Å². The number of thiol groups is 1. The molecule has 0 fully saturated rings. The molecule has 0 saturated carbocycles. The molecule has 0 spiro atoms. The minimum Gasteiger partial charge on any atom is -0.394 e. The van der Waals surface area contributed by atoms with E-state index in [0.29, 0.717) is 0 Å². The van der Waals surface area contributed by atoms with Gasteiger partial charge in [0.2, 0.25) is 24.0 Å². The zero-order valence-corrected chi connectivity index (χ0v) is 12.4. The molecule has 22 heavy (non-hydrogen) atoms. The lowest BCUT2D eigenvalue weighted by Gasteiger charge is -2.21. The van der Waals surface area contributed by atoms with Crippen LogP contribution >= 0.6 is 12.6 Å². The maximum Gasteiger partial charge on any atom is 0.245 e. The van der Waals surface area contributed by atoms with E-state index < -0.39 is 55.7 Å². The van der Waals surface area contributed by atoms with Crippen molar-refractivity contribution in [2.75, 3.05) is 25.6 Å². The van der Waals surface area contributed by atoms with Gasteiger partial charge >= 0.3 is 0 Å². The number of amides is 3. The summed E-state index contributed by atoms with van der Waals surface area (Å²) in [5, 5.41) is 33.2. The third-order valence-electron chi connectivity index (χ3n) is 2.43. The summed E-state index contributed by atoms with van der Waals surface area (Å²) in [5.41, 5.74) is 0. The van der Waals surface area contributed by atoms with Crippen LogP contribution in [-0.4, -0.2) is 83.0 Å². The van der Waals surface area contributed by atoms with Gasteiger partial charge in [-0.2, -0.15) is 12.6 Å². The van der Waals surface area contributed by atoms with Gasteiger partial charge in [-0.3, -0.25) is 19.2 Å². The van der Waals surface area contributed by atoms with Gasteiger partial charge in [0.1, 0.15) is 18.1 Å². The Balaban J connectivity index is 4.69.